The van der Waals surface area contributed by atoms with Gasteiger partial charge in [0.2, 0.25) is 0 Å². The Labute approximate surface area is 137 Å². The second-order valence-electron chi connectivity index (χ2n) is 4.91. The van der Waals surface area contributed by atoms with Crippen LogP contribution in [-0.4, -0.2) is 29.2 Å². The highest BCUT2D eigenvalue weighted by Crippen LogP contribution is 2.33. The maximum Gasteiger partial charge on any atom is 0.276 e. The Morgan fingerprint density at radius 3 is 2.68 bits per heavy atom. The molecule has 5 nitrogen and oxygen atoms in total. The Balaban J connectivity index is 2.13. The minimum Gasteiger partial charge on any atom is -0.492 e. The van der Waals surface area contributed by atoms with Crippen molar-refractivity contribution in [1.82, 2.24) is 9.36 Å². The van der Waals surface area contributed by atoms with Gasteiger partial charge in [0, 0.05) is 0 Å². The summed E-state index contributed by atoms with van der Waals surface area (Å²) in [6.45, 7) is 4.47. The summed E-state index contributed by atoms with van der Waals surface area (Å²) in [6, 6.07) is 5.25. The van der Waals surface area contributed by atoms with E-state index in [1.165, 1.54) is 0 Å². The molecular weight excluding hydrogens is 327 g/mol. The van der Waals surface area contributed by atoms with Crippen LogP contribution >= 0.6 is 23.2 Å². The number of hydrogen-bond acceptors (Lipinski definition) is 3. The van der Waals surface area contributed by atoms with Crippen molar-refractivity contribution in [1.29, 1.82) is 0 Å². The fourth-order valence-corrected chi connectivity index (χ4v) is 3.11. The van der Waals surface area contributed by atoms with Gasteiger partial charge in [0.1, 0.15) is 10.9 Å². The highest BCUT2D eigenvalue weighted by molar-refractivity contribution is 6.33. The predicted octanol–water partition coefficient (Wildman–Crippen LogP) is 3.05. The molecule has 0 saturated carbocycles. The van der Waals surface area contributed by atoms with Crippen molar-refractivity contribution in [2.45, 2.75) is 20.0 Å². The first-order chi connectivity index (χ1) is 10.6. The van der Waals surface area contributed by atoms with Crippen LogP contribution in [0.25, 0.3) is 11.1 Å². The number of benzene rings is 1. The lowest BCUT2D eigenvalue weighted by molar-refractivity contribution is 0.137. The molecule has 7 heteroatoms. The third-order valence-corrected chi connectivity index (χ3v) is 4.28. The summed E-state index contributed by atoms with van der Waals surface area (Å²) < 4.78 is 14.3. The van der Waals surface area contributed by atoms with E-state index in [0.717, 1.165) is 0 Å². The Hall–Kier alpha value is -1.43. The van der Waals surface area contributed by atoms with Crippen molar-refractivity contribution in [3.8, 4) is 16.9 Å². The zero-order valence-corrected chi connectivity index (χ0v) is 13.7. The lowest BCUT2D eigenvalue weighted by Gasteiger charge is -2.08. The second-order valence-corrected chi connectivity index (χ2v) is 5.67. The quantitative estimate of drug-likeness (QED) is 0.861. The monoisotopic (exact) mass is 342 g/mol. The molecule has 1 aromatic heterocycles. The van der Waals surface area contributed by atoms with Crippen LogP contribution in [0.3, 0.4) is 0 Å². The van der Waals surface area contributed by atoms with E-state index in [-0.39, 0.29) is 5.56 Å². The molecule has 0 amide bonds. The van der Waals surface area contributed by atoms with Gasteiger partial charge in [0.05, 0.1) is 43.5 Å². The minimum absolute atomic E-state index is 0.125. The van der Waals surface area contributed by atoms with E-state index in [0.29, 0.717) is 60.0 Å². The summed E-state index contributed by atoms with van der Waals surface area (Å²) in [4.78, 5) is 12.7. The molecule has 0 spiro atoms. The van der Waals surface area contributed by atoms with E-state index in [1.807, 2.05) is 6.92 Å². The first-order valence-corrected chi connectivity index (χ1v) is 7.88. The van der Waals surface area contributed by atoms with E-state index < -0.39 is 0 Å². The molecule has 0 atom stereocenters. The molecule has 0 bridgehead atoms. The smallest absolute Gasteiger partial charge is 0.276 e. The summed E-state index contributed by atoms with van der Waals surface area (Å²) >= 11 is 12.5. The molecule has 0 unspecified atom stereocenters. The molecular formula is C15H16Cl2N2O3. The van der Waals surface area contributed by atoms with Gasteiger partial charge >= 0.3 is 0 Å². The fraction of sp³-hybridized carbons (Fsp3) is 0.400. The van der Waals surface area contributed by atoms with Gasteiger partial charge in [-0.3, -0.25) is 9.48 Å². The topological polar surface area (TPSA) is 45.4 Å². The van der Waals surface area contributed by atoms with Crippen molar-refractivity contribution in [3.05, 3.63) is 38.7 Å². The maximum absolute atomic E-state index is 12.7. The molecule has 0 N–H and O–H groups in total. The van der Waals surface area contributed by atoms with Crippen LogP contribution < -0.4 is 10.3 Å². The number of rotatable bonds is 3. The number of aromatic nitrogens is 2. The minimum atomic E-state index is -0.125. The summed E-state index contributed by atoms with van der Waals surface area (Å²) in [5.74, 6) is 0.548. The van der Waals surface area contributed by atoms with Gasteiger partial charge in [0.15, 0.2) is 0 Å². The van der Waals surface area contributed by atoms with Crippen molar-refractivity contribution in [2.24, 2.45) is 0 Å². The zero-order valence-electron chi connectivity index (χ0n) is 12.1. The van der Waals surface area contributed by atoms with Gasteiger partial charge < -0.3 is 9.47 Å². The third-order valence-electron chi connectivity index (χ3n) is 3.59. The van der Waals surface area contributed by atoms with Crippen LogP contribution in [-0.2, 0) is 17.8 Å². The van der Waals surface area contributed by atoms with Gasteiger partial charge in [-0.25, -0.2) is 4.68 Å². The lowest BCUT2D eigenvalue weighted by atomic mass is 10.1. The molecule has 0 aliphatic carbocycles. The molecule has 0 saturated heterocycles. The van der Waals surface area contributed by atoms with Crippen LogP contribution in [0.15, 0.2) is 23.0 Å². The molecule has 0 fully saturated rings. The highest BCUT2D eigenvalue weighted by atomic mass is 35.5. The van der Waals surface area contributed by atoms with E-state index in [9.17, 15) is 4.79 Å². The standard InChI is InChI=1S/C15H16Cl2N2O3/c1-2-22-12-9-10(3-4-11(12)16)13-14(17)18-5-7-21-8-6-19(18)15(13)20/h3-4,9H,2,5-8H2,1H3. The average molecular weight is 343 g/mol. The maximum atomic E-state index is 12.7. The first-order valence-electron chi connectivity index (χ1n) is 7.13. The second kappa shape index (κ2) is 6.36. The molecule has 118 valence electrons. The van der Waals surface area contributed by atoms with E-state index in [2.05, 4.69) is 0 Å². The number of hydrogen-bond donors (Lipinski definition) is 0. The molecule has 2 heterocycles. The normalized spacial score (nSPS) is 14.5. The Morgan fingerprint density at radius 2 is 1.95 bits per heavy atom. The number of fused-ring (bicyclic) bond motifs is 1. The lowest BCUT2D eigenvalue weighted by Crippen LogP contribution is -2.23. The number of halogens is 2. The van der Waals surface area contributed by atoms with Gasteiger partial charge in [-0.15, -0.1) is 0 Å². The molecule has 2 aromatic rings. The van der Waals surface area contributed by atoms with Crippen molar-refractivity contribution >= 4 is 23.2 Å². The van der Waals surface area contributed by atoms with Gasteiger partial charge in [-0.05, 0) is 24.6 Å². The van der Waals surface area contributed by atoms with Crippen LogP contribution in [0, 0.1) is 0 Å². The molecule has 1 aromatic carbocycles. The molecule has 3 rings (SSSR count). The highest BCUT2D eigenvalue weighted by Gasteiger charge is 2.22. The largest absolute Gasteiger partial charge is 0.492 e. The predicted molar refractivity (Wildman–Crippen MR) is 86.1 cm³/mol. The first kappa shape index (κ1) is 15.5. The van der Waals surface area contributed by atoms with Crippen LogP contribution in [0.1, 0.15) is 6.92 Å². The van der Waals surface area contributed by atoms with Crippen LogP contribution in [0.4, 0.5) is 0 Å². The van der Waals surface area contributed by atoms with Crippen LogP contribution in [0.5, 0.6) is 5.75 Å². The van der Waals surface area contributed by atoms with Crippen molar-refractivity contribution in [2.75, 3.05) is 19.8 Å². The van der Waals surface area contributed by atoms with Crippen molar-refractivity contribution in [3.63, 3.8) is 0 Å². The average Bonchev–Trinajstić information content (AvgIpc) is 2.69. The SMILES string of the molecule is CCOc1cc(-c2c(Cl)n3n(c2=O)CCOCC3)ccc1Cl. The van der Waals surface area contributed by atoms with E-state index in [1.54, 1.807) is 27.6 Å². The van der Waals surface area contributed by atoms with E-state index in [4.69, 9.17) is 32.7 Å². The Morgan fingerprint density at radius 1 is 1.23 bits per heavy atom. The number of nitrogens with zero attached hydrogens (tertiary/aromatic N) is 2. The number of ether oxygens (including phenoxy) is 2. The fourth-order valence-electron chi connectivity index (χ4n) is 2.57. The summed E-state index contributed by atoms with van der Waals surface area (Å²) in [7, 11) is 0. The van der Waals surface area contributed by atoms with Crippen molar-refractivity contribution < 1.29 is 9.47 Å². The Kier molecular flexibility index (Phi) is 4.47. The Bertz CT molecular complexity index is 752. The molecule has 0 radical (unpaired) electrons. The summed E-state index contributed by atoms with van der Waals surface area (Å²) in [5, 5.41) is 0.927. The van der Waals surface area contributed by atoms with Crippen LogP contribution in [0.2, 0.25) is 10.2 Å². The third kappa shape index (κ3) is 2.64. The van der Waals surface area contributed by atoms with E-state index >= 15 is 0 Å². The molecule has 22 heavy (non-hydrogen) atoms. The van der Waals surface area contributed by atoms with Gasteiger partial charge in [-0.1, -0.05) is 29.3 Å². The van der Waals surface area contributed by atoms with Gasteiger partial charge in [0.25, 0.3) is 5.56 Å². The summed E-state index contributed by atoms with van der Waals surface area (Å²) in [6.07, 6.45) is 0. The molecule has 1 aliphatic rings. The summed E-state index contributed by atoms with van der Waals surface area (Å²) in [5.41, 5.74) is 1.05. The van der Waals surface area contributed by atoms with Gasteiger partial charge in [-0.2, -0.15) is 0 Å². The zero-order chi connectivity index (χ0) is 15.7. The molecule has 1 aliphatic heterocycles.